The zero-order valence-corrected chi connectivity index (χ0v) is 19.3. The number of piperidine rings is 1. The second kappa shape index (κ2) is 11.8. The molecule has 176 valence electrons. The molecule has 0 spiro atoms. The number of rotatable bonds is 6. The molecule has 0 unspecified atom stereocenters. The van der Waals surface area contributed by atoms with Crippen LogP contribution < -0.4 is 10.6 Å². The summed E-state index contributed by atoms with van der Waals surface area (Å²) in [6.45, 7) is 6.44. The highest BCUT2D eigenvalue weighted by molar-refractivity contribution is 5.92. The first-order valence-corrected chi connectivity index (χ1v) is 12.0. The maximum absolute atomic E-state index is 12.9. The molecule has 2 aliphatic rings. The molecule has 0 aromatic heterocycles. The van der Waals surface area contributed by atoms with Crippen LogP contribution in [0.5, 0.6) is 0 Å². The van der Waals surface area contributed by atoms with E-state index in [1.165, 1.54) is 5.56 Å². The van der Waals surface area contributed by atoms with Crippen molar-refractivity contribution in [2.45, 2.75) is 31.8 Å². The van der Waals surface area contributed by atoms with E-state index in [2.05, 4.69) is 44.7 Å². The number of para-hydroxylation sites is 1. The second-order valence-corrected chi connectivity index (χ2v) is 9.02. The zero-order valence-electron chi connectivity index (χ0n) is 19.3. The monoisotopic (exact) mass is 449 g/mol. The molecule has 2 aliphatic heterocycles. The molecule has 7 heteroatoms. The maximum Gasteiger partial charge on any atom is 0.317 e. The van der Waals surface area contributed by atoms with E-state index in [1.807, 2.05) is 41.3 Å². The Morgan fingerprint density at radius 1 is 0.788 bits per heavy atom. The molecule has 33 heavy (non-hydrogen) atoms. The minimum atomic E-state index is 0.00769. The average Bonchev–Trinajstić information content (AvgIpc) is 3.07. The highest BCUT2D eigenvalue weighted by Gasteiger charge is 2.25. The van der Waals surface area contributed by atoms with Crippen LogP contribution in [0.25, 0.3) is 0 Å². The molecule has 0 bridgehead atoms. The van der Waals surface area contributed by atoms with E-state index in [0.717, 1.165) is 70.8 Å². The Morgan fingerprint density at radius 3 is 2.21 bits per heavy atom. The second-order valence-electron chi connectivity index (χ2n) is 9.02. The highest BCUT2D eigenvalue weighted by Crippen LogP contribution is 2.13. The summed E-state index contributed by atoms with van der Waals surface area (Å²) < 4.78 is 0. The van der Waals surface area contributed by atoms with Crippen LogP contribution in [0.15, 0.2) is 60.7 Å². The van der Waals surface area contributed by atoms with E-state index in [9.17, 15) is 9.59 Å². The summed E-state index contributed by atoms with van der Waals surface area (Å²) in [5.41, 5.74) is 2.14. The van der Waals surface area contributed by atoms with Gasteiger partial charge in [-0.2, -0.15) is 0 Å². The van der Waals surface area contributed by atoms with Crippen molar-refractivity contribution in [3.05, 3.63) is 66.2 Å². The topological polar surface area (TPSA) is 67.9 Å². The number of benzene rings is 2. The van der Waals surface area contributed by atoms with E-state index in [-0.39, 0.29) is 18.0 Å². The highest BCUT2D eigenvalue weighted by atomic mass is 16.2. The molecular formula is C26H35N5O2. The van der Waals surface area contributed by atoms with Gasteiger partial charge in [-0.3, -0.25) is 14.6 Å². The largest absolute Gasteiger partial charge is 0.335 e. The number of carbonyl (C=O) groups excluding carboxylic acids is 2. The summed E-state index contributed by atoms with van der Waals surface area (Å²) in [5, 5.41) is 6.18. The van der Waals surface area contributed by atoms with Gasteiger partial charge in [0.2, 0.25) is 5.91 Å². The fraction of sp³-hybridized carbons (Fsp3) is 0.462. The summed E-state index contributed by atoms with van der Waals surface area (Å²) in [6.07, 6.45) is 2.74. The van der Waals surface area contributed by atoms with Crippen molar-refractivity contribution in [2.75, 3.05) is 51.1 Å². The van der Waals surface area contributed by atoms with Gasteiger partial charge < -0.3 is 15.5 Å². The molecular weight excluding hydrogens is 414 g/mol. The Bertz CT molecular complexity index is 884. The number of urea groups is 1. The van der Waals surface area contributed by atoms with E-state index in [4.69, 9.17) is 0 Å². The van der Waals surface area contributed by atoms with Crippen LogP contribution in [0.1, 0.15) is 24.8 Å². The van der Waals surface area contributed by atoms with Crippen molar-refractivity contribution in [1.29, 1.82) is 0 Å². The minimum Gasteiger partial charge on any atom is -0.335 e. The van der Waals surface area contributed by atoms with Gasteiger partial charge in [-0.05, 0) is 37.0 Å². The van der Waals surface area contributed by atoms with E-state index < -0.39 is 0 Å². The van der Waals surface area contributed by atoms with Gasteiger partial charge >= 0.3 is 6.03 Å². The Kier molecular flexibility index (Phi) is 8.33. The van der Waals surface area contributed by atoms with Gasteiger partial charge in [0.05, 0.1) is 6.54 Å². The SMILES string of the molecule is O=C(CN1CCC(NC(=O)N2CCCN(Cc3ccccc3)CC2)CC1)Nc1ccccc1. The minimum absolute atomic E-state index is 0.00769. The van der Waals surface area contributed by atoms with Crippen molar-refractivity contribution in [1.82, 2.24) is 20.0 Å². The predicted molar refractivity (Wildman–Crippen MR) is 131 cm³/mol. The van der Waals surface area contributed by atoms with Crippen LogP contribution >= 0.6 is 0 Å². The Labute approximate surface area is 196 Å². The fourth-order valence-electron chi connectivity index (χ4n) is 4.60. The normalized spacial score (nSPS) is 18.5. The van der Waals surface area contributed by atoms with Crippen molar-refractivity contribution in [2.24, 2.45) is 0 Å². The molecule has 0 atom stereocenters. The summed E-state index contributed by atoms with van der Waals surface area (Å²) in [4.78, 5) is 31.7. The quantitative estimate of drug-likeness (QED) is 0.712. The van der Waals surface area contributed by atoms with Crippen LogP contribution in [0.4, 0.5) is 10.5 Å². The number of anilines is 1. The van der Waals surface area contributed by atoms with Gasteiger partial charge in [-0.15, -0.1) is 0 Å². The average molecular weight is 450 g/mol. The number of likely N-dealkylation sites (tertiary alicyclic amines) is 1. The van der Waals surface area contributed by atoms with Gasteiger partial charge in [0, 0.05) is 57.5 Å². The van der Waals surface area contributed by atoms with Gasteiger partial charge in [-0.25, -0.2) is 4.79 Å². The number of amides is 3. The van der Waals surface area contributed by atoms with Crippen LogP contribution in [-0.4, -0.2) is 78.5 Å². The van der Waals surface area contributed by atoms with E-state index in [1.54, 1.807) is 0 Å². The van der Waals surface area contributed by atoms with Crippen LogP contribution in [0, 0.1) is 0 Å². The van der Waals surface area contributed by atoms with Gasteiger partial charge in [-0.1, -0.05) is 48.5 Å². The molecule has 2 N–H and O–H groups in total. The molecule has 2 fully saturated rings. The zero-order chi connectivity index (χ0) is 22.9. The molecule has 7 nitrogen and oxygen atoms in total. The Hall–Kier alpha value is -2.90. The third-order valence-electron chi connectivity index (χ3n) is 6.46. The standard InChI is InChI=1S/C26H35N5O2/c32-25(27-23-10-5-2-6-11-23)21-30-16-12-24(13-17-30)28-26(33)31-15-7-14-29(18-19-31)20-22-8-3-1-4-9-22/h1-6,8-11,24H,7,12-21H2,(H,27,32)(H,28,33). The Morgan fingerprint density at radius 2 is 1.48 bits per heavy atom. The van der Waals surface area contributed by atoms with Crippen LogP contribution in [-0.2, 0) is 11.3 Å². The summed E-state index contributed by atoms with van der Waals surface area (Å²) in [7, 11) is 0. The van der Waals surface area contributed by atoms with Crippen LogP contribution in [0.3, 0.4) is 0 Å². The lowest BCUT2D eigenvalue weighted by molar-refractivity contribution is -0.117. The summed E-state index contributed by atoms with van der Waals surface area (Å²) in [5.74, 6) is 0.00769. The number of nitrogens with zero attached hydrogens (tertiary/aromatic N) is 3. The molecule has 2 heterocycles. The molecule has 0 saturated carbocycles. The van der Waals surface area contributed by atoms with Gasteiger partial charge in [0.25, 0.3) is 0 Å². The summed E-state index contributed by atoms with van der Waals surface area (Å²) >= 11 is 0. The number of nitrogens with one attached hydrogen (secondary N) is 2. The lowest BCUT2D eigenvalue weighted by Gasteiger charge is -2.33. The molecule has 3 amide bonds. The van der Waals surface area contributed by atoms with Crippen molar-refractivity contribution in [3.63, 3.8) is 0 Å². The first-order chi connectivity index (χ1) is 16.2. The predicted octanol–water partition coefficient (Wildman–Crippen LogP) is 3.01. The third kappa shape index (κ3) is 7.30. The molecule has 0 radical (unpaired) electrons. The van der Waals surface area contributed by atoms with E-state index in [0.29, 0.717) is 6.54 Å². The molecule has 2 aromatic rings. The van der Waals surface area contributed by atoms with Gasteiger partial charge in [0.1, 0.15) is 0 Å². The fourth-order valence-corrected chi connectivity index (χ4v) is 4.60. The lowest BCUT2D eigenvalue weighted by atomic mass is 10.1. The van der Waals surface area contributed by atoms with E-state index >= 15 is 0 Å². The van der Waals surface area contributed by atoms with Crippen molar-refractivity contribution < 1.29 is 9.59 Å². The lowest BCUT2D eigenvalue weighted by Crippen LogP contribution is -2.50. The summed E-state index contributed by atoms with van der Waals surface area (Å²) in [6, 6.07) is 20.3. The molecule has 0 aliphatic carbocycles. The molecule has 2 saturated heterocycles. The molecule has 4 rings (SSSR count). The molecule has 2 aromatic carbocycles. The number of carbonyl (C=O) groups is 2. The Balaban J connectivity index is 1.16. The first kappa shape index (κ1) is 23.3. The number of hydrogen-bond donors (Lipinski definition) is 2. The smallest absolute Gasteiger partial charge is 0.317 e. The van der Waals surface area contributed by atoms with Crippen molar-refractivity contribution in [3.8, 4) is 0 Å². The van der Waals surface area contributed by atoms with Crippen LogP contribution in [0.2, 0.25) is 0 Å². The van der Waals surface area contributed by atoms with Gasteiger partial charge in [0.15, 0.2) is 0 Å². The maximum atomic E-state index is 12.9. The number of hydrogen-bond acceptors (Lipinski definition) is 4. The third-order valence-corrected chi connectivity index (χ3v) is 6.46. The van der Waals surface area contributed by atoms with Crippen molar-refractivity contribution >= 4 is 17.6 Å². The first-order valence-electron chi connectivity index (χ1n) is 12.0.